The Morgan fingerprint density at radius 1 is 0.362 bits per heavy atom. The predicted molar refractivity (Wildman–Crippen MR) is 195 cm³/mol. The molecule has 7 aromatic rings. The summed E-state index contributed by atoms with van der Waals surface area (Å²) in [6.07, 6.45) is 0. The standard InChI is InChI=1S/C46H33N/c1-45(2)40-19-9-11-21-43(40)47(44-22-12-10-20-41(44)45)32-26-23-30(24-27-32)31-25-28-36-35-15-5-8-18-39(35)46(42(36)29-31)37-16-6-3-13-33(37)34-14-4-7-17-38(34)46/h3-29H,1-2H3. The number of hydrogen-bond donors (Lipinski definition) is 0. The van der Waals surface area contributed by atoms with Gasteiger partial charge in [0.2, 0.25) is 0 Å². The van der Waals surface area contributed by atoms with Gasteiger partial charge < -0.3 is 4.90 Å². The molecule has 0 atom stereocenters. The first-order chi connectivity index (χ1) is 23.1. The molecule has 0 saturated carbocycles. The minimum absolute atomic E-state index is 0.0704. The van der Waals surface area contributed by atoms with Crippen LogP contribution >= 0.6 is 0 Å². The highest BCUT2D eigenvalue weighted by atomic mass is 15.2. The smallest absolute Gasteiger partial charge is 0.0725 e. The van der Waals surface area contributed by atoms with Crippen LogP contribution in [0.25, 0.3) is 33.4 Å². The number of para-hydroxylation sites is 2. The van der Waals surface area contributed by atoms with Gasteiger partial charge in [-0.2, -0.15) is 0 Å². The van der Waals surface area contributed by atoms with Crippen molar-refractivity contribution in [1.82, 2.24) is 0 Å². The minimum atomic E-state index is -0.330. The average Bonchev–Trinajstić information content (AvgIpc) is 3.59. The molecule has 0 radical (unpaired) electrons. The summed E-state index contributed by atoms with van der Waals surface area (Å²) in [7, 11) is 0. The molecule has 0 fully saturated rings. The van der Waals surface area contributed by atoms with Gasteiger partial charge in [0.05, 0.1) is 16.8 Å². The zero-order valence-corrected chi connectivity index (χ0v) is 26.5. The number of rotatable bonds is 2. The van der Waals surface area contributed by atoms with E-state index in [0.717, 1.165) is 0 Å². The summed E-state index contributed by atoms with van der Waals surface area (Å²) in [5.41, 5.74) is 19.3. The Bertz CT molecular complexity index is 2280. The molecule has 3 aliphatic rings. The second-order valence-electron chi connectivity index (χ2n) is 13.7. The van der Waals surface area contributed by atoms with E-state index in [9.17, 15) is 0 Å². The van der Waals surface area contributed by atoms with Crippen LogP contribution < -0.4 is 4.90 Å². The summed E-state index contributed by atoms with van der Waals surface area (Å²) in [5.74, 6) is 0. The summed E-state index contributed by atoms with van der Waals surface area (Å²) in [6, 6.07) is 61.1. The lowest BCUT2D eigenvalue weighted by Gasteiger charge is -2.42. The number of anilines is 3. The van der Waals surface area contributed by atoms with Crippen LogP contribution in [0.1, 0.15) is 47.2 Å². The highest BCUT2D eigenvalue weighted by molar-refractivity contribution is 5.96. The van der Waals surface area contributed by atoms with Crippen molar-refractivity contribution in [2.45, 2.75) is 24.7 Å². The van der Waals surface area contributed by atoms with E-state index in [4.69, 9.17) is 0 Å². The average molecular weight is 600 g/mol. The fourth-order valence-corrected chi connectivity index (χ4v) is 9.02. The Kier molecular flexibility index (Phi) is 5.33. The van der Waals surface area contributed by atoms with Crippen LogP contribution in [-0.4, -0.2) is 0 Å². The Balaban J connectivity index is 1.13. The van der Waals surface area contributed by atoms with E-state index < -0.39 is 0 Å². The molecule has 1 spiro atoms. The minimum Gasteiger partial charge on any atom is -0.310 e. The molecule has 0 saturated heterocycles. The lowest BCUT2D eigenvalue weighted by molar-refractivity contribution is 0.632. The molecular formula is C46H33N. The van der Waals surface area contributed by atoms with Crippen molar-refractivity contribution >= 4 is 17.1 Å². The third-order valence-corrected chi connectivity index (χ3v) is 11.1. The molecule has 7 aromatic carbocycles. The van der Waals surface area contributed by atoms with Crippen molar-refractivity contribution in [3.63, 3.8) is 0 Å². The molecule has 0 N–H and O–H groups in total. The highest BCUT2D eigenvalue weighted by Crippen LogP contribution is 2.63. The van der Waals surface area contributed by atoms with Crippen molar-refractivity contribution in [2.24, 2.45) is 0 Å². The second kappa shape index (κ2) is 9.44. The Hall–Kier alpha value is -5.66. The lowest BCUT2D eigenvalue weighted by atomic mass is 9.70. The highest BCUT2D eigenvalue weighted by Gasteiger charge is 2.51. The Labute approximate surface area is 276 Å². The summed E-state index contributed by atoms with van der Waals surface area (Å²) in [4.78, 5) is 2.43. The van der Waals surface area contributed by atoms with Gasteiger partial charge in [-0.05, 0) is 97.1 Å². The zero-order chi connectivity index (χ0) is 31.3. The SMILES string of the molecule is CC1(C)c2ccccc2N(c2ccc(-c3ccc4c(c3)C3(c5ccccc5-c5ccccc53)c3ccccc3-4)cc2)c2ccccc21. The number of benzene rings is 7. The molecule has 1 aliphatic heterocycles. The van der Waals surface area contributed by atoms with Gasteiger partial charge in [-0.1, -0.05) is 147 Å². The van der Waals surface area contributed by atoms with Gasteiger partial charge in [-0.15, -0.1) is 0 Å². The van der Waals surface area contributed by atoms with Crippen molar-refractivity contribution in [3.05, 3.63) is 197 Å². The largest absolute Gasteiger partial charge is 0.310 e. The molecule has 47 heavy (non-hydrogen) atoms. The van der Waals surface area contributed by atoms with Gasteiger partial charge in [0.25, 0.3) is 0 Å². The Morgan fingerprint density at radius 3 is 1.28 bits per heavy atom. The van der Waals surface area contributed by atoms with E-state index in [1.54, 1.807) is 0 Å². The van der Waals surface area contributed by atoms with Crippen molar-refractivity contribution in [2.75, 3.05) is 4.90 Å². The molecular weight excluding hydrogens is 567 g/mol. The molecule has 0 bridgehead atoms. The third kappa shape index (κ3) is 3.39. The van der Waals surface area contributed by atoms with Gasteiger partial charge >= 0.3 is 0 Å². The first-order valence-electron chi connectivity index (χ1n) is 16.6. The summed E-state index contributed by atoms with van der Waals surface area (Å²) < 4.78 is 0. The molecule has 1 nitrogen and oxygen atoms in total. The van der Waals surface area contributed by atoms with Gasteiger partial charge in [-0.25, -0.2) is 0 Å². The molecule has 1 heterocycles. The normalized spacial score (nSPS) is 15.3. The predicted octanol–water partition coefficient (Wildman–Crippen LogP) is 11.8. The number of nitrogens with zero attached hydrogens (tertiary/aromatic N) is 1. The molecule has 1 heteroatoms. The fraction of sp³-hybridized carbons (Fsp3) is 0.0870. The lowest BCUT2D eigenvalue weighted by Crippen LogP contribution is -2.30. The third-order valence-electron chi connectivity index (χ3n) is 11.1. The summed E-state index contributed by atoms with van der Waals surface area (Å²) >= 11 is 0. The van der Waals surface area contributed by atoms with E-state index in [1.807, 2.05) is 0 Å². The maximum absolute atomic E-state index is 2.47. The van der Waals surface area contributed by atoms with E-state index >= 15 is 0 Å². The van der Waals surface area contributed by atoms with Crippen molar-refractivity contribution < 1.29 is 0 Å². The van der Waals surface area contributed by atoms with Gasteiger partial charge in [0, 0.05) is 11.1 Å². The van der Waals surface area contributed by atoms with E-state index in [1.165, 1.54) is 83.8 Å². The number of fused-ring (bicyclic) bond motifs is 12. The van der Waals surface area contributed by atoms with E-state index in [2.05, 4.69) is 183 Å². The second-order valence-corrected chi connectivity index (χ2v) is 13.7. The quantitative estimate of drug-likeness (QED) is 0.191. The van der Waals surface area contributed by atoms with E-state index in [0.29, 0.717) is 0 Å². The maximum Gasteiger partial charge on any atom is 0.0725 e. The molecule has 2 aliphatic carbocycles. The molecule has 0 aromatic heterocycles. The Morgan fingerprint density at radius 2 is 0.766 bits per heavy atom. The van der Waals surface area contributed by atoms with Crippen LogP contribution in [0, 0.1) is 0 Å². The van der Waals surface area contributed by atoms with Crippen molar-refractivity contribution in [1.29, 1.82) is 0 Å². The fourth-order valence-electron chi connectivity index (χ4n) is 9.02. The van der Waals surface area contributed by atoms with Crippen LogP contribution in [0.5, 0.6) is 0 Å². The first kappa shape index (κ1) is 26.5. The zero-order valence-electron chi connectivity index (χ0n) is 26.5. The van der Waals surface area contributed by atoms with E-state index in [-0.39, 0.29) is 10.8 Å². The van der Waals surface area contributed by atoms with Crippen LogP contribution in [0.3, 0.4) is 0 Å². The van der Waals surface area contributed by atoms with Crippen LogP contribution in [0.2, 0.25) is 0 Å². The monoisotopic (exact) mass is 599 g/mol. The summed E-state index contributed by atoms with van der Waals surface area (Å²) in [5, 5.41) is 0. The number of hydrogen-bond acceptors (Lipinski definition) is 1. The van der Waals surface area contributed by atoms with Gasteiger partial charge in [-0.3, -0.25) is 0 Å². The first-order valence-corrected chi connectivity index (χ1v) is 16.6. The molecule has 222 valence electrons. The molecule has 0 amide bonds. The van der Waals surface area contributed by atoms with Crippen LogP contribution in [0.15, 0.2) is 164 Å². The van der Waals surface area contributed by atoms with Gasteiger partial charge in [0.1, 0.15) is 0 Å². The molecule has 0 unspecified atom stereocenters. The van der Waals surface area contributed by atoms with Crippen LogP contribution in [-0.2, 0) is 10.8 Å². The van der Waals surface area contributed by atoms with Gasteiger partial charge in [0.15, 0.2) is 0 Å². The maximum atomic E-state index is 2.47. The van der Waals surface area contributed by atoms with Crippen molar-refractivity contribution in [3.8, 4) is 33.4 Å². The molecule has 10 rings (SSSR count). The topological polar surface area (TPSA) is 3.24 Å². The summed E-state index contributed by atoms with van der Waals surface area (Å²) in [6.45, 7) is 4.68. The van der Waals surface area contributed by atoms with Crippen LogP contribution in [0.4, 0.5) is 17.1 Å².